The van der Waals surface area contributed by atoms with E-state index in [4.69, 9.17) is 0 Å². The highest BCUT2D eigenvalue weighted by molar-refractivity contribution is 6.04. The van der Waals surface area contributed by atoms with Gasteiger partial charge in [-0.05, 0) is 37.8 Å². The Morgan fingerprint density at radius 2 is 1.89 bits per heavy atom. The molecule has 1 atom stereocenters. The third-order valence-electron chi connectivity index (χ3n) is 4.11. The zero-order valence-corrected chi connectivity index (χ0v) is 11.1. The van der Waals surface area contributed by atoms with Crippen molar-refractivity contribution < 1.29 is 9.59 Å². The SMILES string of the molecule is CC1(C2CC2)NC(=O)CCN(c2ccccc2)C1=O. The van der Waals surface area contributed by atoms with E-state index in [-0.39, 0.29) is 17.7 Å². The molecule has 1 saturated carbocycles. The minimum atomic E-state index is -0.733. The van der Waals surface area contributed by atoms with E-state index in [9.17, 15) is 9.59 Å². The lowest BCUT2D eigenvalue weighted by molar-refractivity contribution is -0.130. The van der Waals surface area contributed by atoms with Crippen LogP contribution in [0.5, 0.6) is 0 Å². The summed E-state index contributed by atoms with van der Waals surface area (Å²) in [5, 5.41) is 2.94. The average molecular weight is 258 g/mol. The molecule has 0 radical (unpaired) electrons. The van der Waals surface area contributed by atoms with E-state index in [1.165, 1.54) is 0 Å². The minimum Gasteiger partial charge on any atom is -0.342 e. The number of nitrogens with one attached hydrogen (secondary N) is 1. The molecular weight excluding hydrogens is 240 g/mol. The van der Waals surface area contributed by atoms with Gasteiger partial charge in [-0.2, -0.15) is 0 Å². The Labute approximate surface area is 112 Å². The fourth-order valence-electron chi connectivity index (χ4n) is 2.79. The first-order chi connectivity index (χ1) is 9.11. The molecule has 1 aromatic carbocycles. The van der Waals surface area contributed by atoms with Gasteiger partial charge in [0.05, 0.1) is 0 Å². The van der Waals surface area contributed by atoms with Gasteiger partial charge < -0.3 is 10.2 Å². The van der Waals surface area contributed by atoms with Crippen molar-refractivity contribution in [3.05, 3.63) is 30.3 Å². The topological polar surface area (TPSA) is 49.4 Å². The molecule has 3 rings (SSSR count). The fourth-order valence-corrected chi connectivity index (χ4v) is 2.79. The van der Waals surface area contributed by atoms with E-state index in [1.807, 2.05) is 37.3 Å². The van der Waals surface area contributed by atoms with Crippen LogP contribution in [0.2, 0.25) is 0 Å². The van der Waals surface area contributed by atoms with Gasteiger partial charge in [-0.15, -0.1) is 0 Å². The summed E-state index contributed by atoms with van der Waals surface area (Å²) in [7, 11) is 0. The zero-order chi connectivity index (χ0) is 13.5. The first-order valence-electron chi connectivity index (χ1n) is 6.79. The van der Waals surface area contributed by atoms with Gasteiger partial charge in [0.25, 0.3) is 5.91 Å². The van der Waals surface area contributed by atoms with Crippen LogP contribution in [0, 0.1) is 5.92 Å². The number of rotatable bonds is 2. The molecule has 4 nitrogen and oxygen atoms in total. The molecule has 0 spiro atoms. The highest BCUT2D eigenvalue weighted by Crippen LogP contribution is 2.41. The first kappa shape index (κ1) is 12.2. The third kappa shape index (κ3) is 2.11. The standard InChI is InChI=1S/C15H18N2O2/c1-15(11-7-8-11)14(19)17(10-9-13(18)16-15)12-5-3-2-4-6-12/h2-6,11H,7-10H2,1H3,(H,16,18). The van der Waals surface area contributed by atoms with Gasteiger partial charge in [0.15, 0.2) is 0 Å². The van der Waals surface area contributed by atoms with Crippen LogP contribution in [0.15, 0.2) is 30.3 Å². The van der Waals surface area contributed by atoms with Crippen molar-refractivity contribution in [3.8, 4) is 0 Å². The lowest BCUT2D eigenvalue weighted by Gasteiger charge is -2.32. The molecule has 4 heteroatoms. The van der Waals surface area contributed by atoms with Gasteiger partial charge in [-0.25, -0.2) is 0 Å². The summed E-state index contributed by atoms with van der Waals surface area (Å²) >= 11 is 0. The molecule has 19 heavy (non-hydrogen) atoms. The number of benzene rings is 1. The molecule has 1 aliphatic carbocycles. The van der Waals surface area contributed by atoms with Gasteiger partial charge >= 0.3 is 0 Å². The van der Waals surface area contributed by atoms with Crippen molar-refractivity contribution in [2.45, 2.75) is 31.7 Å². The second-order valence-electron chi connectivity index (χ2n) is 5.57. The molecule has 0 aromatic heterocycles. The Morgan fingerprint density at radius 1 is 1.21 bits per heavy atom. The van der Waals surface area contributed by atoms with Gasteiger partial charge in [0, 0.05) is 18.7 Å². The second-order valence-corrected chi connectivity index (χ2v) is 5.57. The van der Waals surface area contributed by atoms with Crippen molar-refractivity contribution in [2.75, 3.05) is 11.4 Å². The van der Waals surface area contributed by atoms with E-state index in [1.54, 1.807) is 4.90 Å². The average Bonchev–Trinajstić information content (AvgIpc) is 3.23. The summed E-state index contributed by atoms with van der Waals surface area (Å²) < 4.78 is 0. The molecule has 1 saturated heterocycles. The van der Waals surface area contributed by atoms with Crippen LogP contribution in [0.3, 0.4) is 0 Å². The number of anilines is 1. The van der Waals surface area contributed by atoms with Gasteiger partial charge in [-0.3, -0.25) is 9.59 Å². The smallest absolute Gasteiger partial charge is 0.252 e. The molecule has 1 N–H and O–H groups in total. The van der Waals surface area contributed by atoms with Gasteiger partial charge in [0.1, 0.15) is 5.54 Å². The lowest BCUT2D eigenvalue weighted by Crippen LogP contribution is -2.56. The normalized spacial score (nSPS) is 27.9. The minimum absolute atomic E-state index is 0.0204. The summed E-state index contributed by atoms with van der Waals surface area (Å²) in [6.07, 6.45) is 2.40. The van der Waals surface area contributed by atoms with Gasteiger partial charge in [0.2, 0.25) is 5.91 Å². The van der Waals surface area contributed by atoms with Crippen molar-refractivity contribution in [1.29, 1.82) is 0 Å². The summed E-state index contributed by atoms with van der Waals surface area (Å²) in [4.78, 5) is 26.4. The van der Waals surface area contributed by atoms with Crippen molar-refractivity contribution in [1.82, 2.24) is 5.32 Å². The van der Waals surface area contributed by atoms with Crippen molar-refractivity contribution in [3.63, 3.8) is 0 Å². The number of para-hydroxylation sites is 1. The quantitative estimate of drug-likeness (QED) is 0.878. The molecule has 0 bridgehead atoms. The number of carbonyl (C=O) groups is 2. The van der Waals surface area contributed by atoms with Crippen LogP contribution >= 0.6 is 0 Å². The maximum absolute atomic E-state index is 12.8. The molecule has 1 aromatic rings. The molecule has 100 valence electrons. The molecule has 1 unspecified atom stereocenters. The third-order valence-corrected chi connectivity index (χ3v) is 4.11. The van der Waals surface area contributed by atoms with E-state index in [0.29, 0.717) is 13.0 Å². The monoisotopic (exact) mass is 258 g/mol. The van der Waals surface area contributed by atoms with E-state index in [0.717, 1.165) is 18.5 Å². The maximum Gasteiger partial charge on any atom is 0.252 e. The number of hydrogen-bond acceptors (Lipinski definition) is 2. The lowest BCUT2D eigenvalue weighted by atomic mass is 9.94. The summed E-state index contributed by atoms with van der Waals surface area (Å²) in [6, 6.07) is 9.59. The van der Waals surface area contributed by atoms with Crippen LogP contribution < -0.4 is 10.2 Å². The Morgan fingerprint density at radius 3 is 2.53 bits per heavy atom. The Hall–Kier alpha value is -1.84. The molecule has 2 fully saturated rings. The second kappa shape index (κ2) is 4.37. The molecule has 1 heterocycles. The maximum atomic E-state index is 12.8. The molecule has 2 aliphatic rings. The van der Waals surface area contributed by atoms with Crippen LogP contribution in [0.1, 0.15) is 26.2 Å². The van der Waals surface area contributed by atoms with Crippen LogP contribution in [0.25, 0.3) is 0 Å². The Bertz CT molecular complexity index is 510. The zero-order valence-electron chi connectivity index (χ0n) is 11.1. The highest BCUT2D eigenvalue weighted by Gasteiger charge is 2.51. The molecule has 1 aliphatic heterocycles. The van der Waals surface area contributed by atoms with E-state index >= 15 is 0 Å². The number of nitrogens with zero attached hydrogens (tertiary/aromatic N) is 1. The Kier molecular flexibility index (Phi) is 2.81. The van der Waals surface area contributed by atoms with Crippen LogP contribution in [0.4, 0.5) is 5.69 Å². The van der Waals surface area contributed by atoms with Crippen molar-refractivity contribution in [2.24, 2.45) is 5.92 Å². The Balaban J connectivity index is 1.96. The molecule has 2 amide bonds. The van der Waals surface area contributed by atoms with Crippen molar-refractivity contribution >= 4 is 17.5 Å². The van der Waals surface area contributed by atoms with Crippen LogP contribution in [-0.2, 0) is 9.59 Å². The molecular formula is C15H18N2O2. The predicted octanol–water partition coefficient (Wildman–Crippen LogP) is 1.71. The van der Waals surface area contributed by atoms with E-state index < -0.39 is 5.54 Å². The van der Waals surface area contributed by atoms with E-state index in [2.05, 4.69) is 5.32 Å². The fraction of sp³-hybridized carbons (Fsp3) is 0.467. The summed E-state index contributed by atoms with van der Waals surface area (Å²) in [6.45, 7) is 2.32. The van der Waals surface area contributed by atoms with Gasteiger partial charge in [-0.1, -0.05) is 18.2 Å². The number of carbonyl (C=O) groups excluding carboxylic acids is 2. The predicted molar refractivity (Wildman–Crippen MR) is 72.7 cm³/mol. The summed E-state index contributed by atoms with van der Waals surface area (Å²) in [5.74, 6) is 0.279. The summed E-state index contributed by atoms with van der Waals surface area (Å²) in [5.41, 5.74) is 0.138. The largest absolute Gasteiger partial charge is 0.342 e. The number of amides is 2. The van der Waals surface area contributed by atoms with Crippen LogP contribution in [-0.4, -0.2) is 23.9 Å². The highest BCUT2D eigenvalue weighted by atomic mass is 16.2. The first-order valence-corrected chi connectivity index (χ1v) is 6.79. The number of hydrogen-bond donors (Lipinski definition) is 1.